The van der Waals surface area contributed by atoms with Crippen LogP contribution in [0.25, 0.3) is 22.6 Å². The number of rotatable bonds is 6. The van der Waals surface area contributed by atoms with Gasteiger partial charge >= 0.3 is 0 Å². The normalized spacial score (nSPS) is 15.9. The molecule has 0 saturated carbocycles. The van der Waals surface area contributed by atoms with Crippen LogP contribution < -0.4 is 0 Å². The first-order chi connectivity index (χ1) is 17.6. The van der Waals surface area contributed by atoms with E-state index in [4.69, 9.17) is 4.52 Å². The predicted octanol–water partition coefficient (Wildman–Crippen LogP) is 5.35. The van der Waals surface area contributed by atoms with Crippen molar-refractivity contribution in [3.05, 3.63) is 82.9 Å². The molecule has 0 amide bonds. The maximum Gasteiger partial charge on any atom is 0.169 e. The summed E-state index contributed by atoms with van der Waals surface area (Å²) in [5.74, 6) is -0.879. The standard InChI is InChI=1S/C27H26F2N6O/c28-22-6-4-5-21(26(22)29)27-31-24-14-30-35(17-25(24)32-27)16-20-13-23(33-36-20)19-9-7-18(8-10-19)15-34-11-2-1-3-12-34/h4-10,13-14H,1-3,11-12,15-17H2,(H,31,32). The summed E-state index contributed by atoms with van der Waals surface area (Å²) in [6.07, 6.45) is 5.52. The molecule has 1 N–H and O–H groups in total. The highest BCUT2D eigenvalue weighted by Crippen LogP contribution is 2.26. The minimum atomic E-state index is -0.925. The number of nitrogens with zero attached hydrogens (tertiary/aromatic N) is 5. The smallest absolute Gasteiger partial charge is 0.169 e. The summed E-state index contributed by atoms with van der Waals surface area (Å²) in [4.78, 5) is 9.98. The van der Waals surface area contributed by atoms with Gasteiger partial charge in [0.1, 0.15) is 17.2 Å². The van der Waals surface area contributed by atoms with Crippen molar-refractivity contribution >= 4 is 6.21 Å². The zero-order valence-electron chi connectivity index (χ0n) is 19.8. The van der Waals surface area contributed by atoms with Gasteiger partial charge in [-0.25, -0.2) is 13.8 Å². The molecule has 2 aliphatic rings. The van der Waals surface area contributed by atoms with Gasteiger partial charge in [-0.1, -0.05) is 41.9 Å². The molecular formula is C27H26F2N6O. The summed E-state index contributed by atoms with van der Waals surface area (Å²) in [5, 5.41) is 10.5. The Bertz CT molecular complexity index is 1390. The van der Waals surface area contributed by atoms with E-state index < -0.39 is 11.6 Å². The Morgan fingerprint density at radius 2 is 1.81 bits per heavy atom. The van der Waals surface area contributed by atoms with Crippen molar-refractivity contribution in [3.8, 4) is 22.6 Å². The number of H-pyrrole nitrogens is 1. The lowest BCUT2D eigenvalue weighted by atomic mass is 10.1. The van der Waals surface area contributed by atoms with E-state index in [-0.39, 0.29) is 11.4 Å². The molecule has 9 heteroatoms. The number of hydrogen-bond donors (Lipinski definition) is 1. The summed E-state index contributed by atoms with van der Waals surface area (Å²) in [7, 11) is 0. The zero-order chi connectivity index (χ0) is 24.5. The molecular weight excluding hydrogens is 462 g/mol. The third-order valence-corrected chi connectivity index (χ3v) is 6.70. The second-order valence-corrected chi connectivity index (χ2v) is 9.33. The summed E-state index contributed by atoms with van der Waals surface area (Å²) in [5.41, 5.74) is 4.56. The third-order valence-electron chi connectivity index (χ3n) is 6.70. The zero-order valence-corrected chi connectivity index (χ0v) is 19.8. The van der Waals surface area contributed by atoms with Crippen LogP contribution in [-0.4, -0.2) is 44.3 Å². The Morgan fingerprint density at radius 3 is 2.64 bits per heavy atom. The molecule has 0 aliphatic carbocycles. The van der Waals surface area contributed by atoms with Crippen molar-refractivity contribution in [2.45, 2.75) is 38.9 Å². The molecule has 0 atom stereocenters. The van der Waals surface area contributed by atoms with Crippen molar-refractivity contribution in [2.24, 2.45) is 5.10 Å². The van der Waals surface area contributed by atoms with Gasteiger partial charge in [0.2, 0.25) is 0 Å². The first kappa shape index (κ1) is 22.6. The Balaban J connectivity index is 1.10. The van der Waals surface area contributed by atoms with Gasteiger partial charge in [-0.2, -0.15) is 5.10 Å². The lowest BCUT2D eigenvalue weighted by Gasteiger charge is -2.26. The van der Waals surface area contributed by atoms with Crippen LogP contribution in [0.4, 0.5) is 8.78 Å². The van der Waals surface area contributed by atoms with Crippen LogP contribution >= 0.6 is 0 Å². The van der Waals surface area contributed by atoms with Crippen LogP contribution in [0.2, 0.25) is 0 Å². The monoisotopic (exact) mass is 488 g/mol. The van der Waals surface area contributed by atoms with Crippen LogP contribution in [0.5, 0.6) is 0 Å². The van der Waals surface area contributed by atoms with Gasteiger partial charge in [-0.3, -0.25) is 9.91 Å². The van der Waals surface area contributed by atoms with E-state index in [2.05, 4.69) is 49.4 Å². The molecule has 1 saturated heterocycles. The largest absolute Gasteiger partial charge is 0.359 e. The van der Waals surface area contributed by atoms with Crippen molar-refractivity contribution in [1.82, 2.24) is 25.0 Å². The number of imidazole rings is 1. The van der Waals surface area contributed by atoms with Crippen molar-refractivity contribution in [3.63, 3.8) is 0 Å². The quantitative estimate of drug-likeness (QED) is 0.396. The molecule has 184 valence electrons. The van der Waals surface area contributed by atoms with Gasteiger partial charge in [0.05, 0.1) is 30.6 Å². The maximum atomic E-state index is 14.2. The highest BCUT2D eigenvalue weighted by atomic mass is 19.2. The van der Waals surface area contributed by atoms with Crippen LogP contribution in [0.1, 0.15) is 42.0 Å². The number of aromatic amines is 1. The fourth-order valence-electron chi connectivity index (χ4n) is 4.78. The highest BCUT2D eigenvalue weighted by molar-refractivity contribution is 5.80. The summed E-state index contributed by atoms with van der Waals surface area (Å²) in [6, 6.07) is 14.4. The molecule has 7 nitrogen and oxygen atoms in total. The van der Waals surface area contributed by atoms with Gasteiger partial charge in [0.15, 0.2) is 17.4 Å². The lowest BCUT2D eigenvalue weighted by Crippen LogP contribution is -2.28. The minimum Gasteiger partial charge on any atom is -0.359 e. The molecule has 4 heterocycles. The minimum absolute atomic E-state index is 0.0890. The van der Waals surface area contributed by atoms with Crippen LogP contribution in [0, 0.1) is 11.6 Å². The van der Waals surface area contributed by atoms with Crippen molar-refractivity contribution < 1.29 is 13.3 Å². The molecule has 0 radical (unpaired) electrons. The number of benzene rings is 2. The summed E-state index contributed by atoms with van der Waals surface area (Å²) in [6.45, 7) is 4.18. The molecule has 4 aromatic rings. The van der Waals surface area contributed by atoms with E-state index in [1.165, 1.54) is 50.0 Å². The average molecular weight is 489 g/mol. The van der Waals surface area contributed by atoms with Gasteiger partial charge < -0.3 is 9.51 Å². The van der Waals surface area contributed by atoms with E-state index in [1.54, 1.807) is 11.2 Å². The molecule has 2 aromatic carbocycles. The second kappa shape index (κ2) is 9.66. The molecule has 2 aromatic heterocycles. The van der Waals surface area contributed by atoms with E-state index in [1.807, 2.05) is 6.07 Å². The van der Waals surface area contributed by atoms with Gasteiger partial charge in [0, 0.05) is 18.2 Å². The van der Waals surface area contributed by atoms with Crippen LogP contribution in [0.15, 0.2) is 58.2 Å². The fourth-order valence-corrected chi connectivity index (χ4v) is 4.78. The Kier molecular flexibility index (Phi) is 6.06. The molecule has 0 unspecified atom stereocenters. The van der Waals surface area contributed by atoms with Crippen LogP contribution in [0.3, 0.4) is 0 Å². The second-order valence-electron chi connectivity index (χ2n) is 9.33. The SMILES string of the molecule is Fc1cccc(-c2nc3c([nH]2)CN(Cc2cc(-c4ccc(CN5CCCCC5)cc4)no2)N=C3)c1F. The van der Waals surface area contributed by atoms with Gasteiger partial charge in [-0.15, -0.1) is 0 Å². The van der Waals surface area contributed by atoms with E-state index >= 15 is 0 Å². The van der Waals surface area contributed by atoms with Crippen molar-refractivity contribution in [1.29, 1.82) is 0 Å². The van der Waals surface area contributed by atoms with Gasteiger partial charge in [0.25, 0.3) is 0 Å². The number of hydrazone groups is 1. The highest BCUT2D eigenvalue weighted by Gasteiger charge is 2.21. The third kappa shape index (κ3) is 4.66. The fraction of sp³-hybridized carbons (Fsp3) is 0.296. The predicted molar refractivity (Wildman–Crippen MR) is 132 cm³/mol. The number of halogens is 2. The molecule has 0 bridgehead atoms. The lowest BCUT2D eigenvalue weighted by molar-refractivity contribution is 0.221. The number of likely N-dealkylation sites (tertiary alicyclic amines) is 1. The summed E-state index contributed by atoms with van der Waals surface area (Å²) < 4.78 is 33.4. The number of nitrogens with one attached hydrogen (secondary N) is 1. The Hall–Kier alpha value is -3.85. The number of aromatic nitrogens is 3. The van der Waals surface area contributed by atoms with E-state index in [9.17, 15) is 8.78 Å². The summed E-state index contributed by atoms with van der Waals surface area (Å²) >= 11 is 0. The van der Waals surface area contributed by atoms with Gasteiger partial charge in [-0.05, 0) is 43.6 Å². The Morgan fingerprint density at radius 1 is 0.972 bits per heavy atom. The van der Waals surface area contributed by atoms with Crippen LogP contribution in [-0.2, 0) is 19.6 Å². The molecule has 36 heavy (non-hydrogen) atoms. The van der Waals surface area contributed by atoms with E-state index in [0.29, 0.717) is 24.5 Å². The topological polar surface area (TPSA) is 73.6 Å². The number of piperidine rings is 1. The molecule has 2 aliphatic heterocycles. The van der Waals surface area contributed by atoms with E-state index in [0.717, 1.165) is 29.6 Å². The Labute approximate surface area is 207 Å². The first-order valence-electron chi connectivity index (χ1n) is 12.2. The maximum absolute atomic E-state index is 14.2. The number of fused-ring (bicyclic) bond motifs is 1. The first-order valence-corrected chi connectivity index (χ1v) is 12.2. The average Bonchev–Trinajstić information content (AvgIpc) is 3.54. The molecule has 6 rings (SSSR count). The van der Waals surface area contributed by atoms with Crippen molar-refractivity contribution in [2.75, 3.05) is 13.1 Å². The molecule has 1 fully saturated rings. The number of hydrogen-bond acceptors (Lipinski definition) is 6. The molecule has 0 spiro atoms.